The van der Waals surface area contributed by atoms with E-state index < -0.39 is 11.9 Å². The number of carbonyl (C=O) groups is 2. The minimum Gasteiger partial charge on any atom is -0.481 e. The Morgan fingerprint density at radius 1 is 1.23 bits per heavy atom. The summed E-state index contributed by atoms with van der Waals surface area (Å²) >= 11 is 0. The molecular formula is C9H14O4. The number of carboxylic acids is 2. The lowest BCUT2D eigenvalue weighted by Crippen LogP contribution is -2.01. The molecule has 0 bridgehead atoms. The van der Waals surface area contributed by atoms with Crippen LogP contribution >= 0.6 is 0 Å². The fourth-order valence-corrected chi connectivity index (χ4v) is 0.936. The highest BCUT2D eigenvalue weighted by molar-refractivity contribution is 5.86. The van der Waals surface area contributed by atoms with Crippen LogP contribution in [0.5, 0.6) is 0 Å². The second-order valence-electron chi connectivity index (χ2n) is 2.72. The lowest BCUT2D eigenvalue weighted by atomic mass is 10.1. The van der Waals surface area contributed by atoms with Crippen molar-refractivity contribution in [3.8, 4) is 0 Å². The van der Waals surface area contributed by atoms with Gasteiger partial charge in [-0.3, -0.25) is 4.79 Å². The SMILES string of the molecule is CCCC(=CCCC(=O)O)C(=O)O. The zero-order valence-corrected chi connectivity index (χ0v) is 7.62. The Kier molecular flexibility index (Phi) is 5.59. The molecule has 0 atom stereocenters. The van der Waals surface area contributed by atoms with E-state index in [1.807, 2.05) is 6.92 Å². The predicted octanol–water partition coefficient (Wildman–Crippen LogP) is 1.66. The average Bonchev–Trinajstić information content (AvgIpc) is 2.02. The Hall–Kier alpha value is -1.32. The van der Waals surface area contributed by atoms with E-state index in [1.165, 1.54) is 6.08 Å². The summed E-state index contributed by atoms with van der Waals surface area (Å²) in [5, 5.41) is 17.0. The molecule has 0 unspecified atom stereocenters. The maximum absolute atomic E-state index is 10.5. The molecule has 0 heterocycles. The van der Waals surface area contributed by atoms with E-state index in [0.29, 0.717) is 12.0 Å². The van der Waals surface area contributed by atoms with Crippen LogP contribution < -0.4 is 0 Å². The Labute approximate surface area is 76.9 Å². The summed E-state index contributed by atoms with van der Waals surface area (Å²) in [5.74, 6) is -1.86. The summed E-state index contributed by atoms with van der Waals surface area (Å²) in [6.07, 6.45) is 3.01. The quantitative estimate of drug-likeness (QED) is 0.618. The van der Waals surface area contributed by atoms with Crippen molar-refractivity contribution in [1.82, 2.24) is 0 Å². The van der Waals surface area contributed by atoms with Crippen LogP contribution in [-0.2, 0) is 9.59 Å². The molecule has 0 spiro atoms. The van der Waals surface area contributed by atoms with Gasteiger partial charge in [0.05, 0.1) is 0 Å². The summed E-state index contributed by atoms with van der Waals surface area (Å²) in [6.45, 7) is 1.88. The minimum absolute atomic E-state index is 0.0134. The topological polar surface area (TPSA) is 74.6 Å². The maximum Gasteiger partial charge on any atom is 0.331 e. The molecule has 0 rings (SSSR count). The molecule has 0 saturated carbocycles. The van der Waals surface area contributed by atoms with Crippen LogP contribution in [0, 0.1) is 0 Å². The molecule has 74 valence electrons. The molecule has 0 aromatic carbocycles. The lowest BCUT2D eigenvalue weighted by molar-refractivity contribution is -0.137. The lowest BCUT2D eigenvalue weighted by Gasteiger charge is -1.98. The molecule has 0 aromatic heterocycles. The van der Waals surface area contributed by atoms with Gasteiger partial charge < -0.3 is 10.2 Å². The highest BCUT2D eigenvalue weighted by Gasteiger charge is 2.05. The summed E-state index contributed by atoms with van der Waals surface area (Å²) in [7, 11) is 0. The zero-order valence-electron chi connectivity index (χ0n) is 7.62. The summed E-state index contributed by atoms with van der Waals surface area (Å²) < 4.78 is 0. The molecule has 2 N–H and O–H groups in total. The van der Waals surface area contributed by atoms with Gasteiger partial charge in [0.15, 0.2) is 0 Å². The number of hydrogen-bond acceptors (Lipinski definition) is 2. The summed E-state index contributed by atoms with van der Waals surface area (Å²) in [4.78, 5) is 20.7. The van der Waals surface area contributed by atoms with Crippen LogP contribution in [0.15, 0.2) is 11.6 Å². The number of rotatable bonds is 6. The van der Waals surface area contributed by atoms with Crippen LogP contribution in [0.3, 0.4) is 0 Å². The van der Waals surface area contributed by atoms with E-state index in [1.54, 1.807) is 0 Å². The van der Waals surface area contributed by atoms with E-state index in [4.69, 9.17) is 10.2 Å². The first-order valence-electron chi connectivity index (χ1n) is 4.22. The van der Waals surface area contributed by atoms with Crippen molar-refractivity contribution < 1.29 is 19.8 Å². The molecule has 0 radical (unpaired) electrons. The van der Waals surface area contributed by atoms with E-state index in [2.05, 4.69) is 0 Å². The highest BCUT2D eigenvalue weighted by atomic mass is 16.4. The van der Waals surface area contributed by atoms with E-state index in [0.717, 1.165) is 6.42 Å². The molecular weight excluding hydrogens is 172 g/mol. The minimum atomic E-state index is -0.952. The van der Waals surface area contributed by atoms with Gasteiger partial charge in [-0.2, -0.15) is 0 Å². The third-order valence-corrected chi connectivity index (χ3v) is 1.54. The first kappa shape index (κ1) is 11.7. The van der Waals surface area contributed by atoms with Gasteiger partial charge in [-0.05, 0) is 12.8 Å². The molecule has 0 fully saturated rings. The van der Waals surface area contributed by atoms with Gasteiger partial charge in [-0.15, -0.1) is 0 Å². The largest absolute Gasteiger partial charge is 0.481 e. The van der Waals surface area contributed by atoms with Crippen molar-refractivity contribution in [2.24, 2.45) is 0 Å². The summed E-state index contributed by atoms with van der Waals surface area (Å²) in [5.41, 5.74) is 0.309. The Morgan fingerprint density at radius 2 is 1.85 bits per heavy atom. The first-order valence-corrected chi connectivity index (χ1v) is 4.22. The molecule has 13 heavy (non-hydrogen) atoms. The number of hydrogen-bond donors (Lipinski definition) is 2. The fourth-order valence-electron chi connectivity index (χ4n) is 0.936. The molecule has 0 saturated heterocycles. The van der Waals surface area contributed by atoms with Gasteiger partial charge >= 0.3 is 11.9 Å². The molecule has 0 aliphatic heterocycles. The number of aliphatic carboxylic acids is 2. The van der Waals surface area contributed by atoms with Crippen LogP contribution in [0.1, 0.15) is 32.6 Å². The van der Waals surface area contributed by atoms with Gasteiger partial charge in [0.1, 0.15) is 0 Å². The smallest absolute Gasteiger partial charge is 0.331 e. The molecule has 0 aliphatic carbocycles. The van der Waals surface area contributed by atoms with Crippen LogP contribution in [0.25, 0.3) is 0 Å². The van der Waals surface area contributed by atoms with Crippen LogP contribution in [-0.4, -0.2) is 22.2 Å². The zero-order chi connectivity index (χ0) is 10.3. The van der Waals surface area contributed by atoms with Crippen LogP contribution in [0.2, 0.25) is 0 Å². The van der Waals surface area contributed by atoms with Crippen molar-refractivity contribution in [2.75, 3.05) is 0 Å². The third kappa shape index (κ3) is 5.90. The van der Waals surface area contributed by atoms with Crippen LogP contribution in [0.4, 0.5) is 0 Å². The van der Waals surface area contributed by atoms with Crippen molar-refractivity contribution in [3.05, 3.63) is 11.6 Å². The van der Waals surface area contributed by atoms with Gasteiger partial charge in [0.25, 0.3) is 0 Å². The van der Waals surface area contributed by atoms with Crippen molar-refractivity contribution in [2.45, 2.75) is 32.6 Å². The second-order valence-corrected chi connectivity index (χ2v) is 2.72. The van der Waals surface area contributed by atoms with E-state index >= 15 is 0 Å². The highest BCUT2D eigenvalue weighted by Crippen LogP contribution is 2.07. The average molecular weight is 186 g/mol. The number of allylic oxidation sites excluding steroid dienone is 1. The number of carboxylic acid groups (broad SMARTS) is 2. The Bertz CT molecular complexity index is 218. The van der Waals surface area contributed by atoms with E-state index in [9.17, 15) is 9.59 Å². The van der Waals surface area contributed by atoms with Crippen molar-refractivity contribution in [3.63, 3.8) is 0 Å². The van der Waals surface area contributed by atoms with Gasteiger partial charge in [-0.25, -0.2) is 4.79 Å². The fraction of sp³-hybridized carbons (Fsp3) is 0.556. The second kappa shape index (κ2) is 6.22. The molecule has 0 aromatic rings. The molecule has 0 aliphatic rings. The molecule has 0 amide bonds. The molecule has 4 nitrogen and oxygen atoms in total. The Morgan fingerprint density at radius 3 is 2.23 bits per heavy atom. The van der Waals surface area contributed by atoms with Crippen molar-refractivity contribution in [1.29, 1.82) is 0 Å². The third-order valence-electron chi connectivity index (χ3n) is 1.54. The van der Waals surface area contributed by atoms with E-state index in [-0.39, 0.29) is 12.8 Å². The standard InChI is InChI=1S/C9H14O4/c1-2-4-7(9(12)13)5-3-6-8(10)11/h5H,2-4,6H2,1H3,(H,10,11)(H,12,13). The first-order chi connectivity index (χ1) is 6.07. The predicted molar refractivity (Wildman–Crippen MR) is 47.5 cm³/mol. The normalized spacial score (nSPS) is 11.3. The van der Waals surface area contributed by atoms with Gasteiger partial charge in [0.2, 0.25) is 0 Å². The molecule has 4 heteroatoms. The monoisotopic (exact) mass is 186 g/mol. The maximum atomic E-state index is 10.5. The van der Waals surface area contributed by atoms with Crippen molar-refractivity contribution >= 4 is 11.9 Å². The van der Waals surface area contributed by atoms with Gasteiger partial charge in [0, 0.05) is 12.0 Å². The summed E-state index contributed by atoms with van der Waals surface area (Å²) in [6, 6.07) is 0. The Balaban J connectivity index is 4.03. The van der Waals surface area contributed by atoms with Gasteiger partial charge in [-0.1, -0.05) is 19.4 Å².